The quantitative estimate of drug-likeness (QED) is 0.500. The van der Waals surface area contributed by atoms with E-state index >= 15 is 0 Å². The first-order valence-corrected chi connectivity index (χ1v) is 9.09. The van der Waals surface area contributed by atoms with Crippen LogP contribution < -0.4 is 0 Å². The van der Waals surface area contributed by atoms with Gasteiger partial charge in [0.1, 0.15) is 11.6 Å². The van der Waals surface area contributed by atoms with Gasteiger partial charge < -0.3 is 0 Å². The molecule has 3 rings (SSSR count). The summed E-state index contributed by atoms with van der Waals surface area (Å²) >= 11 is 0. The molecule has 0 fully saturated rings. The van der Waals surface area contributed by atoms with E-state index in [4.69, 9.17) is 0 Å². The lowest BCUT2D eigenvalue weighted by molar-refractivity contribution is 0.593. The van der Waals surface area contributed by atoms with Gasteiger partial charge in [0.2, 0.25) is 0 Å². The first-order valence-electron chi connectivity index (χ1n) is 9.09. The molecule has 3 aromatic rings. The number of hydrogen-bond donors (Lipinski definition) is 0. The van der Waals surface area contributed by atoms with Crippen LogP contribution in [0.4, 0.5) is 8.78 Å². The zero-order chi connectivity index (χ0) is 18.5. The summed E-state index contributed by atoms with van der Waals surface area (Å²) in [5.74, 6) is -0.404. The lowest BCUT2D eigenvalue weighted by Gasteiger charge is -2.08. The first kappa shape index (κ1) is 18.3. The highest BCUT2D eigenvalue weighted by atomic mass is 19.1. The zero-order valence-electron chi connectivity index (χ0n) is 15.4. The fourth-order valence-corrected chi connectivity index (χ4v) is 3.12. The number of benzene rings is 3. The molecule has 0 atom stereocenters. The van der Waals surface area contributed by atoms with Gasteiger partial charge in [-0.25, -0.2) is 8.78 Å². The predicted molar refractivity (Wildman–Crippen MR) is 104 cm³/mol. The van der Waals surface area contributed by atoms with Crippen LogP contribution in [-0.4, -0.2) is 0 Å². The smallest absolute Gasteiger partial charge is 0.126 e. The molecule has 0 aliphatic heterocycles. The molecule has 134 valence electrons. The molecule has 0 radical (unpaired) electrons. The number of halogens is 2. The number of rotatable bonds is 6. The van der Waals surface area contributed by atoms with Crippen molar-refractivity contribution in [3.05, 3.63) is 106 Å². The van der Waals surface area contributed by atoms with Crippen LogP contribution in [-0.2, 0) is 25.7 Å². The molecule has 2 heteroatoms. The summed E-state index contributed by atoms with van der Waals surface area (Å²) < 4.78 is 28.3. The Bertz CT molecular complexity index is 879. The fourth-order valence-electron chi connectivity index (χ4n) is 3.12. The molecule has 3 aromatic carbocycles. The summed E-state index contributed by atoms with van der Waals surface area (Å²) in [5, 5.41) is 0. The van der Waals surface area contributed by atoms with E-state index in [2.05, 4.69) is 31.2 Å². The molecular weight excluding hydrogens is 326 g/mol. The van der Waals surface area contributed by atoms with Crippen molar-refractivity contribution in [2.45, 2.75) is 39.5 Å². The van der Waals surface area contributed by atoms with Gasteiger partial charge in [-0.1, -0.05) is 54.1 Å². The largest absolute Gasteiger partial charge is 0.207 e. The first-order chi connectivity index (χ1) is 12.5. The van der Waals surface area contributed by atoms with Crippen molar-refractivity contribution in [1.82, 2.24) is 0 Å². The van der Waals surface area contributed by atoms with Crippen molar-refractivity contribution >= 4 is 0 Å². The third-order valence-corrected chi connectivity index (χ3v) is 4.81. The van der Waals surface area contributed by atoms with Crippen LogP contribution in [0.1, 0.15) is 33.4 Å². The Balaban J connectivity index is 1.60. The van der Waals surface area contributed by atoms with Gasteiger partial charge >= 0.3 is 0 Å². The Morgan fingerprint density at radius 1 is 0.538 bits per heavy atom. The van der Waals surface area contributed by atoms with Crippen molar-refractivity contribution in [2.75, 3.05) is 0 Å². The maximum Gasteiger partial charge on any atom is 0.126 e. The highest BCUT2D eigenvalue weighted by Crippen LogP contribution is 2.17. The summed E-state index contributed by atoms with van der Waals surface area (Å²) in [6.45, 7) is 3.93. The predicted octanol–water partition coefficient (Wildman–Crippen LogP) is 6.15. The molecule has 0 N–H and O–H groups in total. The van der Waals surface area contributed by atoms with E-state index in [1.165, 1.54) is 17.2 Å². The van der Waals surface area contributed by atoms with Crippen LogP contribution in [0.15, 0.2) is 60.7 Å². The SMILES string of the molecule is Cc1ccc(CCc2ccc(CCc3ccc(C)cc3F)c(F)c2)cc1. The highest BCUT2D eigenvalue weighted by Gasteiger charge is 2.07. The molecule has 0 saturated heterocycles. The molecule has 0 nitrogen and oxygen atoms in total. The van der Waals surface area contributed by atoms with E-state index < -0.39 is 0 Å². The normalized spacial score (nSPS) is 10.9. The molecule has 0 aliphatic rings. The molecule has 0 unspecified atom stereocenters. The topological polar surface area (TPSA) is 0 Å². The lowest BCUT2D eigenvalue weighted by atomic mass is 9.99. The van der Waals surface area contributed by atoms with E-state index in [1.54, 1.807) is 12.1 Å². The van der Waals surface area contributed by atoms with Gasteiger partial charge in [0.15, 0.2) is 0 Å². The maximum atomic E-state index is 14.4. The van der Waals surface area contributed by atoms with Crippen molar-refractivity contribution in [2.24, 2.45) is 0 Å². The average Bonchev–Trinajstić information content (AvgIpc) is 2.62. The summed E-state index contributed by atoms with van der Waals surface area (Å²) in [6.07, 6.45) is 2.72. The Morgan fingerprint density at radius 3 is 1.65 bits per heavy atom. The fraction of sp³-hybridized carbons (Fsp3) is 0.250. The Labute approximate surface area is 154 Å². The van der Waals surface area contributed by atoms with Crippen molar-refractivity contribution < 1.29 is 8.78 Å². The molecule has 0 heterocycles. The van der Waals surface area contributed by atoms with Crippen LogP contribution in [0, 0.1) is 25.5 Å². The van der Waals surface area contributed by atoms with Gasteiger partial charge in [-0.15, -0.1) is 0 Å². The Morgan fingerprint density at radius 2 is 1.04 bits per heavy atom. The molecule has 0 spiro atoms. The zero-order valence-corrected chi connectivity index (χ0v) is 15.4. The van der Waals surface area contributed by atoms with Gasteiger partial charge in [0, 0.05) is 0 Å². The summed E-state index contributed by atoms with van der Waals surface area (Å²) in [5.41, 5.74) is 5.68. The third-order valence-electron chi connectivity index (χ3n) is 4.81. The molecule has 0 saturated carbocycles. The molecule has 26 heavy (non-hydrogen) atoms. The van der Waals surface area contributed by atoms with Gasteiger partial charge in [-0.2, -0.15) is 0 Å². The molecule has 0 aromatic heterocycles. The van der Waals surface area contributed by atoms with Crippen LogP contribution in [0.3, 0.4) is 0 Å². The van der Waals surface area contributed by atoms with E-state index in [0.717, 1.165) is 24.0 Å². The van der Waals surface area contributed by atoms with Crippen molar-refractivity contribution in [3.8, 4) is 0 Å². The number of hydrogen-bond acceptors (Lipinski definition) is 0. The minimum atomic E-state index is -0.208. The molecule has 0 bridgehead atoms. The summed E-state index contributed by atoms with van der Waals surface area (Å²) in [7, 11) is 0. The summed E-state index contributed by atoms with van der Waals surface area (Å²) in [4.78, 5) is 0. The van der Waals surface area contributed by atoms with E-state index in [0.29, 0.717) is 24.0 Å². The van der Waals surface area contributed by atoms with Gasteiger partial charge in [-0.05, 0) is 79.5 Å². The van der Waals surface area contributed by atoms with Crippen molar-refractivity contribution in [1.29, 1.82) is 0 Å². The highest BCUT2D eigenvalue weighted by molar-refractivity contribution is 5.29. The second-order valence-corrected chi connectivity index (χ2v) is 7.01. The van der Waals surface area contributed by atoms with E-state index in [9.17, 15) is 8.78 Å². The third kappa shape index (κ3) is 4.78. The Hall–Kier alpha value is -2.48. The summed E-state index contributed by atoms with van der Waals surface area (Å²) in [6, 6.07) is 19.1. The standard InChI is InChI=1S/C24H24F2/c1-17-3-6-19(7-4-17)8-9-20-10-12-22(24(26)16-20)14-13-21-11-5-18(2)15-23(21)25/h3-7,10-12,15-16H,8-9,13-14H2,1-2H3. The molecule has 0 amide bonds. The van der Waals surface area contributed by atoms with Crippen LogP contribution >= 0.6 is 0 Å². The van der Waals surface area contributed by atoms with Gasteiger partial charge in [-0.3, -0.25) is 0 Å². The van der Waals surface area contributed by atoms with Crippen molar-refractivity contribution in [3.63, 3.8) is 0 Å². The van der Waals surface area contributed by atoms with Gasteiger partial charge in [0.05, 0.1) is 0 Å². The maximum absolute atomic E-state index is 14.4. The second-order valence-electron chi connectivity index (χ2n) is 7.01. The second kappa shape index (κ2) is 8.27. The van der Waals surface area contributed by atoms with Crippen LogP contribution in [0.25, 0.3) is 0 Å². The minimum absolute atomic E-state index is 0.195. The molecule has 0 aliphatic carbocycles. The average molecular weight is 350 g/mol. The van der Waals surface area contributed by atoms with E-state index in [1.807, 2.05) is 25.1 Å². The Kier molecular flexibility index (Phi) is 5.82. The minimum Gasteiger partial charge on any atom is -0.207 e. The monoisotopic (exact) mass is 350 g/mol. The molecular formula is C24H24F2. The number of aryl methyl sites for hydroxylation is 6. The van der Waals surface area contributed by atoms with Gasteiger partial charge in [0.25, 0.3) is 0 Å². The van der Waals surface area contributed by atoms with Crippen LogP contribution in [0.5, 0.6) is 0 Å². The van der Waals surface area contributed by atoms with E-state index in [-0.39, 0.29) is 11.6 Å². The van der Waals surface area contributed by atoms with Crippen LogP contribution in [0.2, 0.25) is 0 Å². The lowest BCUT2D eigenvalue weighted by Crippen LogP contribution is -1.99.